The molecule has 11 heteroatoms. The van der Waals surface area contributed by atoms with Crippen molar-refractivity contribution in [3.8, 4) is 0 Å². The second-order valence-corrected chi connectivity index (χ2v) is 10.3. The number of hydrogen-bond acceptors (Lipinski definition) is 6. The molecule has 0 spiro atoms. The van der Waals surface area contributed by atoms with Gasteiger partial charge in [-0.25, -0.2) is 21.6 Å². The van der Waals surface area contributed by atoms with Gasteiger partial charge in [0.05, 0.1) is 16.4 Å². The molecule has 1 aromatic carbocycles. The molecular formula is C16H23N3O6S2. The Kier molecular flexibility index (Phi) is 6.60. The highest BCUT2D eigenvalue weighted by Crippen LogP contribution is 2.11. The summed E-state index contributed by atoms with van der Waals surface area (Å²) in [6.45, 7) is 3.65. The highest BCUT2D eigenvalue weighted by atomic mass is 32.2. The van der Waals surface area contributed by atoms with Crippen LogP contribution in [0, 0.1) is 0 Å². The minimum absolute atomic E-state index is 0.0413. The van der Waals surface area contributed by atoms with Gasteiger partial charge in [0.2, 0.25) is 15.9 Å². The Bertz CT molecular complexity index is 896. The molecule has 1 aliphatic heterocycles. The van der Waals surface area contributed by atoms with Crippen LogP contribution in [0.2, 0.25) is 0 Å². The third kappa shape index (κ3) is 5.50. The summed E-state index contributed by atoms with van der Waals surface area (Å²) in [5.41, 5.74) is 0.214. The van der Waals surface area contributed by atoms with Crippen LogP contribution in [0.4, 0.5) is 0 Å². The van der Waals surface area contributed by atoms with Crippen molar-refractivity contribution in [3.63, 3.8) is 0 Å². The average Bonchev–Trinajstić information content (AvgIpc) is 2.61. The van der Waals surface area contributed by atoms with Gasteiger partial charge in [-0.1, -0.05) is 6.92 Å². The number of amides is 2. The van der Waals surface area contributed by atoms with E-state index in [2.05, 4.69) is 10.0 Å². The van der Waals surface area contributed by atoms with E-state index in [4.69, 9.17) is 0 Å². The Morgan fingerprint density at radius 3 is 2.22 bits per heavy atom. The van der Waals surface area contributed by atoms with Crippen LogP contribution in [0.5, 0.6) is 0 Å². The summed E-state index contributed by atoms with van der Waals surface area (Å²) in [5, 5.41) is 2.55. The number of benzene rings is 1. The van der Waals surface area contributed by atoms with E-state index in [0.29, 0.717) is 0 Å². The summed E-state index contributed by atoms with van der Waals surface area (Å²) in [7, 11) is -6.70. The minimum Gasteiger partial charge on any atom is -0.341 e. The lowest BCUT2D eigenvalue weighted by atomic mass is 10.2. The molecule has 0 aromatic heterocycles. The fraction of sp³-hybridized carbons (Fsp3) is 0.500. The number of carbonyl (C=O) groups is 2. The topological polar surface area (TPSA) is 130 Å². The minimum atomic E-state index is -3.60. The van der Waals surface area contributed by atoms with Gasteiger partial charge in [0, 0.05) is 25.2 Å². The highest BCUT2D eigenvalue weighted by molar-refractivity contribution is 7.91. The van der Waals surface area contributed by atoms with Crippen LogP contribution in [-0.2, 0) is 24.7 Å². The molecule has 0 saturated carbocycles. The van der Waals surface area contributed by atoms with Gasteiger partial charge in [0.1, 0.15) is 6.04 Å². The Balaban J connectivity index is 1.99. The first kappa shape index (κ1) is 21.3. The van der Waals surface area contributed by atoms with Crippen LogP contribution in [0.25, 0.3) is 0 Å². The fourth-order valence-corrected chi connectivity index (χ4v) is 4.85. The first-order valence-electron chi connectivity index (χ1n) is 8.45. The molecule has 1 heterocycles. The molecule has 1 aromatic rings. The van der Waals surface area contributed by atoms with E-state index in [9.17, 15) is 26.4 Å². The Hall–Kier alpha value is -1.98. The van der Waals surface area contributed by atoms with Crippen LogP contribution in [0.1, 0.15) is 24.2 Å². The molecule has 0 bridgehead atoms. The van der Waals surface area contributed by atoms with Crippen molar-refractivity contribution < 1.29 is 26.4 Å². The summed E-state index contributed by atoms with van der Waals surface area (Å²) >= 11 is 0. The van der Waals surface area contributed by atoms with Crippen molar-refractivity contribution in [2.75, 3.05) is 31.1 Å². The molecule has 1 saturated heterocycles. The van der Waals surface area contributed by atoms with Gasteiger partial charge in [0.15, 0.2) is 9.84 Å². The third-order valence-electron chi connectivity index (χ3n) is 4.14. The first-order chi connectivity index (χ1) is 12.6. The fourth-order valence-electron chi connectivity index (χ4n) is 2.61. The SMILES string of the molecule is CCNS(=O)(=O)c1ccc(C(=O)NC(C)C(=O)N2CCS(=O)(=O)CC2)cc1. The number of rotatable bonds is 6. The van der Waals surface area contributed by atoms with Gasteiger partial charge in [-0.3, -0.25) is 9.59 Å². The summed E-state index contributed by atoms with van der Waals surface area (Å²) in [6.07, 6.45) is 0. The van der Waals surface area contributed by atoms with E-state index in [1.54, 1.807) is 6.92 Å². The number of sulfone groups is 1. The number of hydrogen-bond donors (Lipinski definition) is 2. The predicted octanol–water partition coefficient (Wildman–Crippen LogP) is -0.640. The lowest BCUT2D eigenvalue weighted by Gasteiger charge is -2.29. The zero-order valence-corrected chi connectivity index (χ0v) is 16.8. The van der Waals surface area contributed by atoms with Crippen molar-refractivity contribution in [2.24, 2.45) is 0 Å². The molecule has 1 fully saturated rings. The van der Waals surface area contributed by atoms with Crippen LogP contribution < -0.4 is 10.0 Å². The molecule has 150 valence electrons. The van der Waals surface area contributed by atoms with Gasteiger partial charge < -0.3 is 10.2 Å². The lowest BCUT2D eigenvalue weighted by Crippen LogP contribution is -2.51. The van der Waals surface area contributed by atoms with Crippen molar-refractivity contribution in [3.05, 3.63) is 29.8 Å². The smallest absolute Gasteiger partial charge is 0.251 e. The molecule has 2 rings (SSSR count). The van der Waals surface area contributed by atoms with Crippen molar-refractivity contribution >= 4 is 31.7 Å². The van der Waals surface area contributed by atoms with E-state index in [0.717, 1.165) is 0 Å². The standard InChI is InChI=1S/C16H23N3O6S2/c1-3-17-27(24,25)14-6-4-13(5-7-14)15(20)18-12(2)16(21)19-8-10-26(22,23)11-9-19/h4-7,12,17H,3,8-11H2,1-2H3,(H,18,20). The van der Waals surface area contributed by atoms with E-state index >= 15 is 0 Å². The summed E-state index contributed by atoms with van der Waals surface area (Å²) in [5.74, 6) is -1.04. The van der Waals surface area contributed by atoms with Crippen molar-refractivity contribution in [1.29, 1.82) is 0 Å². The van der Waals surface area contributed by atoms with Crippen LogP contribution in [0.15, 0.2) is 29.2 Å². The van der Waals surface area contributed by atoms with Crippen LogP contribution >= 0.6 is 0 Å². The zero-order valence-electron chi connectivity index (χ0n) is 15.1. The van der Waals surface area contributed by atoms with Crippen LogP contribution in [0.3, 0.4) is 0 Å². The maximum absolute atomic E-state index is 12.4. The Morgan fingerprint density at radius 1 is 1.15 bits per heavy atom. The third-order valence-corrected chi connectivity index (χ3v) is 7.31. The quantitative estimate of drug-likeness (QED) is 0.633. The molecule has 1 atom stereocenters. The number of sulfonamides is 1. The molecule has 2 N–H and O–H groups in total. The molecule has 0 aliphatic carbocycles. The molecule has 1 unspecified atom stereocenters. The van der Waals surface area contributed by atoms with Gasteiger partial charge in [-0.2, -0.15) is 0 Å². The van der Waals surface area contributed by atoms with E-state index in [1.165, 1.54) is 36.1 Å². The summed E-state index contributed by atoms with van der Waals surface area (Å²) in [6, 6.07) is 4.53. The summed E-state index contributed by atoms with van der Waals surface area (Å²) < 4.78 is 49.0. The molecule has 0 radical (unpaired) electrons. The molecule has 2 amide bonds. The summed E-state index contributed by atoms with van der Waals surface area (Å²) in [4.78, 5) is 26.1. The van der Waals surface area contributed by atoms with Gasteiger partial charge in [-0.15, -0.1) is 0 Å². The van der Waals surface area contributed by atoms with E-state index in [-0.39, 0.29) is 47.5 Å². The monoisotopic (exact) mass is 417 g/mol. The molecule has 1 aliphatic rings. The number of nitrogens with one attached hydrogen (secondary N) is 2. The number of nitrogens with zero attached hydrogens (tertiary/aromatic N) is 1. The highest BCUT2D eigenvalue weighted by Gasteiger charge is 2.28. The van der Waals surface area contributed by atoms with Crippen molar-refractivity contribution in [2.45, 2.75) is 24.8 Å². The molecule has 9 nitrogen and oxygen atoms in total. The molecular weight excluding hydrogens is 394 g/mol. The van der Waals surface area contributed by atoms with Gasteiger partial charge in [-0.05, 0) is 31.2 Å². The van der Waals surface area contributed by atoms with E-state index < -0.39 is 31.8 Å². The van der Waals surface area contributed by atoms with Gasteiger partial charge in [0.25, 0.3) is 5.91 Å². The normalized spacial score (nSPS) is 17.9. The second-order valence-electron chi connectivity index (χ2n) is 6.20. The first-order valence-corrected chi connectivity index (χ1v) is 11.8. The van der Waals surface area contributed by atoms with Gasteiger partial charge >= 0.3 is 0 Å². The predicted molar refractivity (Wildman–Crippen MR) is 99.5 cm³/mol. The maximum Gasteiger partial charge on any atom is 0.251 e. The van der Waals surface area contributed by atoms with Crippen molar-refractivity contribution in [1.82, 2.24) is 14.9 Å². The lowest BCUT2D eigenvalue weighted by molar-refractivity contribution is -0.132. The Morgan fingerprint density at radius 2 is 1.70 bits per heavy atom. The molecule has 27 heavy (non-hydrogen) atoms. The Labute approximate surface area is 159 Å². The second kappa shape index (κ2) is 8.36. The van der Waals surface area contributed by atoms with E-state index in [1.807, 2.05) is 0 Å². The largest absolute Gasteiger partial charge is 0.341 e. The van der Waals surface area contributed by atoms with Crippen LogP contribution in [-0.4, -0.2) is 70.7 Å². The maximum atomic E-state index is 12.4. The zero-order chi connectivity index (χ0) is 20.2. The number of carbonyl (C=O) groups excluding carboxylic acids is 2. The average molecular weight is 418 g/mol.